The maximum absolute atomic E-state index is 11.6. The highest BCUT2D eigenvalue weighted by molar-refractivity contribution is 5.95. The number of nitrogens with one attached hydrogen (secondary N) is 1. The smallest absolute Gasteiger partial charge is 0.237 e. The predicted molar refractivity (Wildman–Crippen MR) is 53.6 cm³/mol. The summed E-state index contributed by atoms with van der Waals surface area (Å²) in [5.41, 5.74) is 5.09. The molecule has 4 nitrogen and oxygen atoms in total. The van der Waals surface area contributed by atoms with Crippen molar-refractivity contribution in [3.63, 3.8) is 0 Å². The molecule has 0 aromatic rings. The summed E-state index contributed by atoms with van der Waals surface area (Å²) in [7, 11) is 0. The van der Waals surface area contributed by atoms with Crippen LogP contribution in [-0.2, 0) is 9.59 Å². The molecule has 0 aromatic carbocycles. The molecule has 0 spiro atoms. The molecule has 0 saturated heterocycles. The topological polar surface area (TPSA) is 72.2 Å². The van der Waals surface area contributed by atoms with E-state index in [4.69, 9.17) is 5.73 Å². The van der Waals surface area contributed by atoms with Crippen LogP contribution >= 0.6 is 0 Å². The molecule has 0 radical (unpaired) electrons. The van der Waals surface area contributed by atoms with E-state index in [0.29, 0.717) is 0 Å². The normalized spacial score (nSPS) is 20.4. The molecule has 0 aromatic heterocycles. The fraction of sp³-hybridized carbons (Fsp3) is 0.800. The van der Waals surface area contributed by atoms with E-state index in [-0.39, 0.29) is 17.6 Å². The largest absolute Gasteiger partial charge is 0.342 e. The maximum Gasteiger partial charge on any atom is 0.237 e. The SMILES string of the molecule is CC(=O)C1(NC(=O)[C@@H](N)C(C)C)CC1. The lowest BCUT2D eigenvalue weighted by Crippen LogP contribution is -2.51. The molecule has 14 heavy (non-hydrogen) atoms. The van der Waals surface area contributed by atoms with Crippen molar-refractivity contribution in [3.8, 4) is 0 Å². The van der Waals surface area contributed by atoms with Crippen LogP contribution in [0.25, 0.3) is 0 Å². The summed E-state index contributed by atoms with van der Waals surface area (Å²) in [6.07, 6.45) is 1.50. The zero-order valence-corrected chi connectivity index (χ0v) is 8.96. The quantitative estimate of drug-likeness (QED) is 0.678. The Balaban J connectivity index is 2.53. The zero-order chi connectivity index (χ0) is 10.9. The first-order valence-corrected chi connectivity index (χ1v) is 4.98. The van der Waals surface area contributed by atoms with Crippen LogP contribution in [0.3, 0.4) is 0 Å². The average Bonchev–Trinajstić information content (AvgIpc) is 2.84. The van der Waals surface area contributed by atoms with E-state index in [1.54, 1.807) is 0 Å². The molecule has 0 bridgehead atoms. The molecule has 0 unspecified atom stereocenters. The van der Waals surface area contributed by atoms with Crippen LogP contribution in [0.4, 0.5) is 0 Å². The number of hydrogen-bond donors (Lipinski definition) is 2. The van der Waals surface area contributed by atoms with Crippen molar-refractivity contribution in [2.24, 2.45) is 11.7 Å². The molecular formula is C10H18N2O2. The van der Waals surface area contributed by atoms with Gasteiger partial charge in [-0.3, -0.25) is 9.59 Å². The van der Waals surface area contributed by atoms with Gasteiger partial charge < -0.3 is 11.1 Å². The van der Waals surface area contributed by atoms with E-state index in [2.05, 4.69) is 5.32 Å². The maximum atomic E-state index is 11.6. The fourth-order valence-corrected chi connectivity index (χ4v) is 1.31. The fourth-order valence-electron chi connectivity index (χ4n) is 1.31. The Labute approximate surface area is 84.2 Å². The van der Waals surface area contributed by atoms with Crippen LogP contribution in [0, 0.1) is 5.92 Å². The van der Waals surface area contributed by atoms with E-state index < -0.39 is 11.6 Å². The van der Waals surface area contributed by atoms with Crippen LogP contribution < -0.4 is 11.1 Å². The Hall–Kier alpha value is -0.900. The summed E-state index contributed by atoms with van der Waals surface area (Å²) in [5, 5.41) is 2.73. The summed E-state index contributed by atoms with van der Waals surface area (Å²) in [4.78, 5) is 22.8. The number of rotatable bonds is 4. The van der Waals surface area contributed by atoms with Crippen LogP contribution in [-0.4, -0.2) is 23.3 Å². The van der Waals surface area contributed by atoms with Crippen LogP contribution in [0.15, 0.2) is 0 Å². The van der Waals surface area contributed by atoms with Crippen molar-refractivity contribution in [1.29, 1.82) is 0 Å². The Bertz CT molecular complexity index is 257. The Morgan fingerprint density at radius 1 is 1.36 bits per heavy atom. The van der Waals surface area contributed by atoms with Crippen LogP contribution in [0.5, 0.6) is 0 Å². The molecule has 1 aliphatic rings. The zero-order valence-electron chi connectivity index (χ0n) is 8.96. The third kappa shape index (κ3) is 2.12. The second-order valence-electron chi connectivity index (χ2n) is 4.40. The van der Waals surface area contributed by atoms with Gasteiger partial charge in [0.1, 0.15) is 0 Å². The monoisotopic (exact) mass is 198 g/mol. The summed E-state index contributed by atoms with van der Waals surface area (Å²) < 4.78 is 0. The Kier molecular flexibility index (Phi) is 2.95. The number of amides is 1. The molecular weight excluding hydrogens is 180 g/mol. The molecule has 3 N–H and O–H groups in total. The molecule has 0 heterocycles. The number of hydrogen-bond acceptors (Lipinski definition) is 3. The number of carbonyl (C=O) groups excluding carboxylic acids is 2. The number of Topliss-reactive ketones (excluding diaryl/α,β-unsaturated/α-hetero) is 1. The van der Waals surface area contributed by atoms with E-state index in [1.807, 2.05) is 13.8 Å². The van der Waals surface area contributed by atoms with Gasteiger partial charge in [-0.1, -0.05) is 13.8 Å². The van der Waals surface area contributed by atoms with Crippen molar-refractivity contribution >= 4 is 11.7 Å². The van der Waals surface area contributed by atoms with Gasteiger partial charge in [-0.15, -0.1) is 0 Å². The molecule has 1 amide bonds. The molecule has 0 aliphatic heterocycles. The number of ketones is 1. The predicted octanol–water partition coefficient (Wildman–Crippen LogP) is 0.207. The standard InChI is InChI=1S/C10H18N2O2/c1-6(2)8(11)9(14)12-10(4-5-10)7(3)13/h6,8H,4-5,11H2,1-3H3,(H,12,14)/t8-/m0/s1. The van der Waals surface area contributed by atoms with Crippen LogP contribution in [0.2, 0.25) is 0 Å². The Morgan fingerprint density at radius 3 is 2.14 bits per heavy atom. The first kappa shape index (κ1) is 11.2. The van der Waals surface area contributed by atoms with Crippen LogP contribution in [0.1, 0.15) is 33.6 Å². The van der Waals surface area contributed by atoms with Crippen molar-refractivity contribution in [2.75, 3.05) is 0 Å². The van der Waals surface area contributed by atoms with Gasteiger partial charge in [-0.2, -0.15) is 0 Å². The van der Waals surface area contributed by atoms with Crippen molar-refractivity contribution < 1.29 is 9.59 Å². The van der Waals surface area contributed by atoms with Gasteiger partial charge in [0.05, 0.1) is 11.6 Å². The molecule has 1 aliphatic carbocycles. The molecule has 1 rings (SSSR count). The van der Waals surface area contributed by atoms with Gasteiger partial charge in [0.15, 0.2) is 5.78 Å². The lowest BCUT2D eigenvalue weighted by Gasteiger charge is -2.19. The summed E-state index contributed by atoms with van der Waals surface area (Å²) in [5.74, 6) is -0.0905. The molecule has 80 valence electrons. The second kappa shape index (κ2) is 3.69. The molecule has 4 heteroatoms. The lowest BCUT2D eigenvalue weighted by molar-refractivity contribution is -0.129. The second-order valence-corrected chi connectivity index (χ2v) is 4.40. The Morgan fingerprint density at radius 2 is 1.86 bits per heavy atom. The van der Waals surface area contributed by atoms with Crippen molar-refractivity contribution in [1.82, 2.24) is 5.32 Å². The number of nitrogens with two attached hydrogens (primary N) is 1. The first-order chi connectivity index (χ1) is 6.39. The summed E-state index contributed by atoms with van der Waals surface area (Å²) in [6.45, 7) is 5.28. The number of carbonyl (C=O) groups is 2. The van der Waals surface area contributed by atoms with Gasteiger partial charge in [0, 0.05) is 0 Å². The van der Waals surface area contributed by atoms with E-state index in [1.165, 1.54) is 6.92 Å². The highest BCUT2D eigenvalue weighted by atomic mass is 16.2. The minimum Gasteiger partial charge on any atom is -0.342 e. The van der Waals surface area contributed by atoms with Gasteiger partial charge >= 0.3 is 0 Å². The minimum absolute atomic E-state index is 0.0295. The minimum atomic E-state index is -0.580. The average molecular weight is 198 g/mol. The van der Waals surface area contributed by atoms with E-state index in [9.17, 15) is 9.59 Å². The van der Waals surface area contributed by atoms with Gasteiger partial charge in [0.25, 0.3) is 0 Å². The van der Waals surface area contributed by atoms with Gasteiger partial charge in [-0.25, -0.2) is 0 Å². The first-order valence-electron chi connectivity index (χ1n) is 4.98. The summed E-state index contributed by atoms with van der Waals surface area (Å²) in [6, 6.07) is -0.521. The molecule has 1 fully saturated rings. The third-order valence-electron chi connectivity index (χ3n) is 2.81. The van der Waals surface area contributed by atoms with Crippen molar-refractivity contribution in [3.05, 3.63) is 0 Å². The van der Waals surface area contributed by atoms with E-state index >= 15 is 0 Å². The van der Waals surface area contributed by atoms with Gasteiger partial charge in [0.2, 0.25) is 5.91 Å². The molecule has 1 saturated carbocycles. The van der Waals surface area contributed by atoms with E-state index in [0.717, 1.165) is 12.8 Å². The molecule has 1 atom stereocenters. The highest BCUT2D eigenvalue weighted by Crippen LogP contribution is 2.36. The van der Waals surface area contributed by atoms with Crippen molar-refractivity contribution in [2.45, 2.75) is 45.2 Å². The lowest BCUT2D eigenvalue weighted by atomic mass is 10.0. The third-order valence-corrected chi connectivity index (χ3v) is 2.81. The van der Waals surface area contributed by atoms with Gasteiger partial charge in [-0.05, 0) is 25.7 Å². The summed E-state index contributed by atoms with van der Waals surface area (Å²) >= 11 is 0. The highest BCUT2D eigenvalue weighted by Gasteiger charge is 2.49.